The van der Waals surface area contributed by atoms with Gasteiger partial charge < -0.3 is 15.4 Å². The van der Waals surface area contributed by atoms with Gasteiger partial charge >= 0.3 is 5.97 Å². The molecule has 20 heavy (non-hydrogen) atoms. The average molecular weight is 286 g/mol. The Morgan fingerprint density at radius 2 is 2.00 bits per heavy atom. The van der Waals surface area contributed by atoms with Crippen molar-refractivity contribution in [2.45, 2.75) is 84.9 Å². The Balaban J connectivity index is 0.00000172. The summed E-state index contributed by atoms with van der Waals surface area (Å²) in [5, 5.41) is 6.80. The molecular weight excluding hydrogens is 252 g/mol. The van der Waals surface area contributed by atoms with Crippen LogP contribution >= 0.6 is 0 Å². The maximum absolute atomic E-state index is 11.7. The van der Waals surface area contributed by atoms with Crippen LogP contribution in [0.2, 0.25) is 0 Å². The normalized spacial score (nSPS) is 21.5. The molecule has 0 saturated carbocycles. The summed E-state index contributed by atoms with van der Waals surface area (Å²) in [5.74, 6) is -0.0986. The standard InChI is InChI=1S/C14H28N2O2.C2H6/c1-4-5-6-9-15-10-12-7-8-13(16-12)14(17)18-11(2)3;1-2/h11-13,15-16H,4-10H2,1-3H3;1-2H3. The lowest BCUT2D eigenvalue weighted by Gasteiger charge is -2.15. The minimum atomic E-state index is -0.102. The third kappa shape index (κ3) is 8.54. The molecule has 2 N–H and O–H groups in total. The Kier molecular flexibility index (Phi) is 11.8. The summed E-state index contributed by atoms with van der Waals surface area (Å²) >= 11 is 0. The van der Waals surface area contributed by atoms with Crippen molar-refractivity contribution in [1.29, 1.82) is 0 Å². The number of carbonyl (C=O) groups is 1. The molecule has 2 unspecified atom stereocenters. The van der Waals surface area contributed by atoms with Crippen LogP contribution in [0.1, 0.15) is 66.7 Å². The molecule has 0 aromatic heterocycles. The molecule has 120 valence electrons. The van der Waals surface area contributed by atoms with Gasteiger partial charge in [0.1, 0.15) is 6.04 Å². The lowest BCUT2D eigenvalue weighted by Crippen LogP contribution is -2.42. The van der Waals surface area contributed by atoms with Crippen LogP contribution in [0.25, 0.3) is 0 Å². The molecule has 4 nitrogen and oxygen atoms in total. The van der Waals surface area contributed by atoms with Crippen LogP contribution < -0.4 is 10.6 Å². The summed E-state index contributed by atoms with van der Waals surface area (Å²) < 4.78 is 5.22. The quantitative estimate of drug-likeness (QED) is 0.532. The Morgan fingerprint density at radius 1 is 1.30 bits per heavy atom. The van der Waals surface area contributed by atoms with Crippen molar-refractivity contribution >= 4 is 5.97 Å². The van der Waals surface area contributed by atoms with E-state index in [1.54, 1.807) is 0 Å². The summed E-state index contributed by atoms with van der Waals surface area (Å²) in [4.78, 5) is 11.7. The SMILES string of the molecule is CC.CCCCCNCC1CCC(C(=O)OC(C)C)N1. The van der Waals surface area contributed by atoms with E-state index in [4.69, 9.17) is 4.74 Å². The zero-order chi connectivity index (χ0) is 15.4. The van der Waals surface area contributed by atoms with Crippen molar-refractivity contribution in [2.75, 3.05) is 13.1 Å². The number of hydrogen-bond acceptors (Lipinski definition) is 4. The van der Waals surface area contributed by atoms with E-state index in [2.05, 4.69) is 17.6 Å². The Hall–Kier alpha value is -0.610. The van der Waals surface area contributed by atoms with Crippen molar-refractivity contribution in [3.8, 4) is 0 Å². The first-order chi connectivity index (χ1) is 9.63. The van der Waals surface area contributed by atoms with Gasteiger partial charge in [-0.3, -0.25) is 4.79 Å². The second kappa shape index (κ2) is 12.2. The van der Waals surface area contributed by atoms with Crippen LogP contribution in [-0.2, 0) is 9.53 Å². The molecule has 0 radical (unpaired) electrons. The maximum atomic E-state index is 11.7. The molecule has 2 atom stereocenters. The Morgan fingerprint density at radius 3 is 2.60 bits per heavy atom. The van der Waals surface area contributed by atoms with E-state index in [1.165, 1.54) is 19.3 Å². The van der Waals surface area contributed by atoms with Gasteiger partial charge in [-0.05, 0) is 39.7 Å². The van der Waals surface area contributed by atoms with Gasteiger partial charge in [0, 0.05) is 12.6 Å². The summed E-state index contributed by atoms with van der Waals surface area (Å²) in [6, 6.07) is 0.311. The highest BCUT2D eigenvalue weighted by Gasteiger charge is 2.30. The molecule has 1 aliphatic rings. The minimum Gasteiger partial charge on any atom is -0.462 e. The monoisotopic (exact) mass is 286 g/mol. The number of unbranched alkanes of at least 4 members (excludes halogenated alkanes) is 2. The van der Waals surface area contributed by atoms with E-state index >= 15 is 0 Å². The summed E-state index contributed by atoms with van der Waals surface area (Å²) in [6.07, 6.45) is 5.71. The first-order valence-corrected chi connectivity index (χ1v) is 8.30. The van der Waals surface area contributed by atoms with Gasteiger partial charge in [-0.1, -0.05) is 33.6 Å². The summed E-state index contributed by atoms with van der Waals surface area (Å²) in [5.41, 5.74) is 0. The second-order valence-corrected chi connectivity index (χ2v) is 5.39. The summed E-state index contributed by atoms with van der Waals surface area (Å²) in [7, 11) is 0. The van der Waals surface area contributed by atoms with Gasteiger partial charge in [-0.15, -0.1) is 0 Å². The predicted octanol–water partition coefficient (Wildman–Crippen LogP) is 2.86. The van der Waals surface area contributed by atoms with Crippen LogP contribution in [0.3, 0.4) is 0 Å². The minimum absolute atomic E-state index is 0.0227. The molecule has 0 bridgehead atoms. The zero-order valence-electron chi connectivity index (χ0n) is 14.0. The smallest absolute Gasteiger partial charge is 0.323 e. The topological polar surface area (TPSA) is 50.4 Å². The third-order valence-corrected chi connectivity index (χ3v) is 3.22. The van der Waals surface area contributed by atoms with E-state index in [9.17, 15) is 4.79 Å². The van der Waals surface area contributed by atoms with Crippen LogP contribution in [0.15, 0.2) is 0 Å². The van der Waals surface area contributed by atoms with Crippen molar-refractivity contribution in [1.82, 2.24) is 10.6 Å². The lowest BCUT2D eigenvalue weighted by molar-refractivity contribution is -0.149. The molecule has 1 rings (SSSR count). The molecule has 1 fully saturated rings. The van der Waals surface area contributed by atoms with Gasteiger partial charge in [-0.2, -0.15) is 0 Å². The lowest BCUT2D eigenvalue weighted by atomic mass is 10.2. The van der Waals surface area contributed by atoms with Crippen LogP contribution in [-0.4, -0.2) is 37.2 Å². The molecule has 1 heterocycles. The molecule has 1 aliphatic heterocycles. The number of rotatable bonds is 8. The van der Waals surface area contributed by atoms with E-state index in [1.807, 2.05) is 27.7 Å². The number of carbonyl (C=O) groups excluding carboxylic acids is 1. The second-order valence-electron chi connectivity index (χ2n) is 5.39. The van der Waals surface area contributed by atoms with E-state index in [0.29, 0.717) is 6.04 Å². The van der Waals surface area contributed by atoms with Crippen LogP contribution in [0.4, 0.5) is 0 Å². The maximum Gasteiger partial charge on any atom is 0.323 e. The fourth-order valence-corrected chi connectivity index (χ4v) is 2.26. The molecule has 4 heteroatoms. The highest BCUT2D eigenvalue weighted by molar-refractivity contribution is 5.76. The van der Waals surface area contributed by atoms with E-state index in [-0.39, 0.29) is 18.1 Å². The predicted molar refractivity (Wildman–Crippen MR) is 84.9 cm³/mol. The molecule has 0 aliphatic carbocycles. The van der Waals surface area contributed by atoms with Gasteiger partial charge in [0.15, 0.2) is 0 Å². The Bertz CT molecular complexity index is 245. The molecule has 0 aromatic rings. The number of hydrogen-bond donors (Lipinski definition) is 2. The van der Waals surface area contributed by atoms with E-state index in [0.717, 1.165) is 25.9 Å². The fourth-order valence-electron chi connectivity index (χ4n) is 2.26. The zero-order valence-corrected chi connectivity index (χ0v) is 14.0. The molecular formula is C16H34N2O2. The fraction of sp³-hybridized carbons (Fsp3) is 0.938. The first-order valence-electron chi connectivity index (χ1n) is 8.30. The number of esters is 1. The van der Waals surface area contributed by atoms with Crippen molar-refractivity contribution in [3.05, 3.63) is 0 Å². The largest absolute Gasteiger partial charge is 0.462 e. The van der Waals surface area contributed by atoms with Gasteiger partial charge in [0.25, 0.3) is 0 Å². The van der Waals surface area contributed by atoms with Crippen LogP contribution in [0.5, 0.6) is 0 Å². The van der Waals surface area contributed by atoms with Crippen molar-refractivity contribution in [3.63, 3.8) is 0 Å². The highest BCUT2D eigenvalue weighted by Crippen LogP contribution is 2.13. The van der Waals surface area contributed by atoms with Crippen molar-refractivity contribution < 1.29 is 9.53 Å². The summed E-state index contributed by atoms with van der Waals surface area (Å²) in [6.45, 7) is 12.0. The van der Waals surface area contributed by atoms with E-state index < -0.39 is 0 Å². The number of ether oxygens (including phenoxy) is 1. The Labute approximate surface area is 125 Å². The number of nitrogens with one attached hydrogen (secondary N) is 2. The molecule has 1 saturated heterocycles. The van der Waals surface area contributed by atoms with Gasteiger partial charge in [0.2, 0.25) is 0 Å². The third-order valence-electron chi connectivity index (χ3n) is 3.22. The molecule has 0 aromatic carbocycles. The molecule has 0 spiro atoms. The van der Waals surface area contributed by atoms with Crippen LogP contribution in [0, 0.1) is 0 Å². The van der Waals surface area contributed by atoms with Crippen molar-refractivity contribution in [2.24, 2.45) is 0 Å². The van der Waals surface area contributed by atoms with Gasteiger partial charge in [-0.25, -0.2) is 0 Å². The molecule has 0 amide bonds. The average Bonchev–Trinajstić information content (AvgIpc) is 2.89. The first kappa shape index (κ1) is 19.4. The highest BCUT2D eigenvalue weighted by atomic mass is 16.5. The van der Waals surface area contributed by atoms with Gasteiger partial charge in [0.05, 0.1) is 6.10 Å².